The lowest BCUT2D eigenvalue weighted by Gasteiger charge is -2.20. The van der Waals surface area contributed by atoms with E-state index in [0.717, 1.165) is 11.5 Å². The molecule has 2 aromatic rings. The summed E-state index contributed by atoms with van der Waals surface area (Å²) >= 11 is 12.5. The number of carbonyl (C=O) groups is 2. The van der Waals surface area contributed by atoms with Crippen LogP contribution in [-0.2, 0) is 16.1 Å². The third-order valence-electron chi connectivity index (χ3n) is 2.91. The number of nitrogens with one attached hydrogen (secondary N) is 1. The van der Waals surface area contributed by atoms with Gasteiger partial charge in [-0.15, -0.1) is 0 Å². The fourth-order valence-electron chi connectivity index (χ4n) is 1.74. The molecule has 9 heteroatoms. The van der Waals surface area contributed by atoms with E-state index in [1.54, 1.807) is 26.0 Å². The minimum atomic E-state index is -0.978. The van der Waals surface area contributed by atoms with Crippen molar-refractivity contribution < 1.29 is 18.7 Å². The van der Waals surface area contributed by atoms with Gasteiger partial charge in [0.15, 0.2) is 11.8 Å². The van der Waals surface area contributed by atoms with E-state index in [9.17, 15) is 9.59 Å². The normalized spacial score (nSPS) is 12.2. The van der Waals surface area contributed by atoms with E-state index in [0.29, 0.717) is 5.76 Å². The zero-order valence-corrected chi connectivity index (χ0v) is 14.7. The molecule has 0 saturated carbocycles. The van der Waals surface area contributed by atoms with E-state index in [4.69, 9.17) is 32.4 Å². The molecule has 0 aliphatic rings. The van der Waals surface area contributed by atoms with Crippen molar-refractivity contribution in [1.29, 1.82) is 0 Å². The molecular weight excluding hydrogens is 363 g/mol. The number of hydrogen-bond donors (Lipinski definition) is 1. The van der Waals surface area contributed by atoms with Gasteiger partial charge >= 0.3 is 5.97 Å². The van der Waals surface area contributed by atoms with Crippen LogP contribution in [0.25, 0.3) is 0 Å². The van der Waals surface area contributed by atoms with E-state index in [2.05, 4.69) is 9.69 Å². The summed E-state index contributed by atoms with van der Waals surface area (Å²) in [6, 6.07) is 3.45. The summed E-state index contributed by atoms with van der Waals surface area (Å²) in [4.78, 5) is 24.3. The number of amides is 1. The first-order valence-corrected chi connectivity index (χ1v) is 8.24. The molecule has 6 nitrogen and oxygen atoms in total. The highest BCUT2D eigenvalue weighted by Crippen LogP contribution is 2.30. The molecule has 0 saturated heterocycles. The SMILES string of the molecule is CC(C)[C@@H](OC(=O)c1nsc(Cl)c1Cl)C(=O)NCc1ccco1. The molecular formula is C14H14Cl2N2O4S. The lowest BCUT2D eigenvalue weighted by molar-refractivity contribution is -0.132. The molecule has 0 aliphatic heterocycles. The van der Waals surface area contributed by atoms with Gasteiger partial charge in [0, 0.05) is 0 Å². The second kappa shape index (κ2) is 7.81. The van der Waals surface area contributed by atoms with Crippen LogP contribution in [0.2, 0.25) is 9.36 Å². The minimum Gasteiger partial charge on any atom is -0.467 e. The Morgan fingerprint density at radius 2 is 2.17 bits per heavy atom. The Labute approximate surface area is 146 Å². The molecule has 0 aromatic carbocycles. The Balaban J connectivity index is 2.01. The van der Waals surface area contributed by atoms with Crippen LogP contribution in [0.5, 0.6) is 0 Å². The van der Waals surface area contributed by atoms with Crippen LogP contribution in [0.4, 0.5) is 0 Å². The van der Waals surface area contributed by atoms with E-state index in [1.165, 1.54) is 6.26 Å². The molecule has 0 unspecified atom stereocenters. The van der Waals surface area contributed by atoms with Crippen molar-refractivity contribution in [3.63, 3.8) is 0 Å². The molecule has 0 aliphatic carbocycles. The first-order valence-electron chi connectivity index (χ1n) is 6.72. The van der Waals surface area contributed by atoms with Crippen molar-refractivity contribution in [1.82, 2.24) is 9.69 Å². The summed E-state index contributed by atoms with van der Waals surface area (Å²) in [7, 11) is 0. The van der Waals surface area contributed by atoms with E-state index in [1.807, 2.05) is 0 Å². The summed E-state index contributed by atoms with van der Waals surface area (Å²) in [5, 5.41) is 2.68. The zero-order chi connectivity index (χ0) is 17.0. The number of halogens is 2. The minimum absolute atomic E-state index is 0.0279. The van der Waals surface area contributed by atoms with Gasteiger partial charge in [0.1, 0.15) is 15.1 Å². The number of esters is 1. The molecule has 1 amide bonds. The fourth-order valence-corrected chi connectivity index (χ4v) is 2.72. The van der Waals surface area contributed by atoms with Crippen LogP contribution in [0.15, 0.2) is 22.8 Å². The Bertz CT molecular complexity index is 685. The predicted molar refractivity (Wildman–Crippen MR) is 86.7 cm³/mol. The summed E-state index contributed by atoms with van der Waals surface area (Å²) in [5.41, 5.74) is -0.0915. The third kappa shape index (κ3) is 4.46. The predicted octanol–water partition coefficient (Wildman–Crippen LogP) is 3.54. The van der Waals surface area contributed by atoms with Gasteiger partial charge < -0.3 is 14.5 Å². The van der Waals surface area contributed by atoms with Crippen LogP contribution in [0, 0.1) is 5.92 Å². The van der Waals surface area contributed by atoms with Gasteiger partial charge in [-0.1, -0.05) is 37.0 Å². The van der Waals surface area contributed by atoms with Crippen molar-refractivity contribution in [2.45, 2.75) is 26.5 Å². The molecule has 124 valence electrons. The number of carbonyl (C=O) groups excluding carboxylic acids is 2. The van der Waals surface area contributed by atoms with Gasteiger partial charge in [0.25, 0.3) is 5.91 Å². The van der Waals surface area contributed by atoms with Gasteiger partial charge in [-0.25, -0.2) is 4.79 Å². The number of ether oxygens (including phenoxy) is 1. The first-order chi connectivity index (χ1) is 10.9. The molecule has 0 fully saturated rings. The average molecular weight is 377 g/mol. The van der Waals surface area contributed by atoms with E-state index >= 15 is 0 Å². The van der Waals surface area contributed by atoms with Gasteiger partial charge in [0.05, 0.1) is 12.8 Å². The van der Waals surface area contributed by atoms with Gasteiger partial charge in [-0.3, -0.25) is 4.79 Å². The number of furan rings is 1. The zero-order valence-electron chi connectivity index (χ0n) is 12.3. The molecule has 23 heavy (non-hydrogen) atoms. The standard InChI is InChI=1S/C14H14Cl2N2O4S/c1-7(2)11(13(19)17-6-8-4-3-5-21-8)22-14(20)10-9(15)12(16)23-18-10/h3-5,7,11H,6H2,1-2H3,(H,17,19)/t11-/m1/s1. The maximum absolute atomic E-state index is 12.2. The van der Waals surface area contributed by atoms with Gasteiger partial charge in [-0.2, -0.15) is 4.37 Å². The van der Waals surface area contributed by atoms with Crippen molar-refractivity contribution in [3.05, 3.63) is 39.2 Å². The number of nitrogens with zero attached hydrogens (tertiary/aromatic N) is 1. The van der Waals surface area contributed by atoms with Crippen molar-refractivity contribution in [2.75, 3.05) is 0 Å². The number of hydrogen-bond acceptors (Lipinski definition) is 6. The monoisotopic (exact) mass is 376 g/mol. The van der Waals surface area contributed by atoms with Crippen molar-refractivity contribution in [2.24, 2.45) is 5.92 Å². The van der Waals surface area contributed by atoms with E-state index < -0.39 is 18.0 Å². The average Bonchev–Trinajstić information content (AvgIpc) is 3.13. The van der Waals surface area contributed by atoms with E-state index in [-0.39, 0.29) is 27.5 Å². The summed E-state index contributed by atoms with van der Waals surface area (Å²) in [5.74, 6) is -0.850. The Kier molecular flexibility index (Phi) is 6.04. The van der Waals surface area contributed by atoms with Crippen LogP contribution in [-0.4, -0.2) is 22.4 Å². The largest absolute Gasteiger partial charge is 0.467 e. The highest BCUT2D eigenvalue weighted by atomic mass is 35.5. The van der Waals surface area contributed by atoms with Gasteiger partial charge in [0.2, 0.25) is 0 Å². The molecule has 2 heterocycles. The second-order valence-electron chi connectivity index (χ2n) is 4.99. The van der Waals surface area contributed by atoms with Crippen LogP contribution in [0.1, 0.15) is 30.1 Å². The third-order valence-corrected chi connectivity index (χ3v) is 4.52. The number of aromatic nitrogens is 1. The maximum atomic E-state index is 12.2. The molecule has 1 N–H and O–H groups in total. The lowest BCUT2D eigenvalue weighted by Crippen LogP contribution is -2.40. The Morgan fingerprint density at radius 3 is 2.70 bits per heavy atom. The first kappa shape index (κ1) is 17.8. The molecule has 0 radical (unpaired) electrons. The molecule has 1 atom stereocenters. The van der Waals surface area contributed by atoms with Crippen LogP contribution < -0.4 is 5.32 Å². The van der Waals surface area contributed by atoms with Gasteiger partial charge in [-0.05, 0) is 29.6 Å². The smallest absolute Gasteiger partial charge is 0.360 e. The van der Waals surface area contributed by atoms with Crippen molar-refractivity contribution in [3.8, 4) is 0 Å². The lowest BCUT2D eigenvalue weighted by atomic mass is 10.1. The molecule has 0 bridgehead atoms. The maximum Gasteiger partial charge on any atom is 0.360 e. The molecule has 0 spiro atoms. The summed E-state index contributed by atoms with van der Waals surface area (Å²) in [6.45, 7) is 3.73. The number of rotatable bonds is 6. The van der Waals surface area contributed by atoms with Crippen LogP contribution in [0.3, 0.4) is 0 Å². The van der Waals surface area contributed by atoms with Crippen molar-refractivity contribution >= 4 is 46.6 Å². The fraction of sp³-hybridized carbons (Fsp3) is 0.357. The Morgan fingerprint density at radius 1 is 1.43 bits per heavy atom. The quantitative estimate of drug-likeness (QED) is 0.779. The van der Waals surface area contributed by atoms with Crippen LogP contribution >= 0.6 is 34.7 Å². The molecule has 2 rings (SSSR count). The Hall–Kier alpha value is -1.57. The highest BCUT2D eigenvalue weighted by Gasteiger charge is 2.29. The summed E-state index contributed by atoms with van der Waals surface area (Å²) in [6.07, 6.45) is 0.532. The highest BCUT2D eigenvalue weighted by molar-refractivity contribution is 7.11. The topological polar surface area (TPSA) is 81.4 Å². The summed E-state index contributed by atoms with van der Waals surface area (Å²) < 4.78 is 14.4. The second-order valence-corrected chi connectivity index (χ2v) is 6.74. The molecule has 2 aromatic heterocycles.